The number of hydrogen-bond acceptors (Lipinski definition) is 4. The molecule has 2 heterocycles. The van der Waals surface area contributed by atoms with Gasteiger partial charge in [0, 0.05) is 6.20 Å². The van der Waals surface area contributed by atoms with Gasteiger partial charge in [0.25, 0.3) is 5.91 Å². The van der Waals surface area contributed by atoms with Gasteiger partial charge in [-0.05, 0) is 47.1 Å². The van der Waals surface area contributed by atoms with E-state index in [0.29, 0.717) is 22.7 Å². The summed E-state index contributed by atoms with van der Waals surface area (Å²) in [7, 11) is 0. The molecule has 0 bridgehead atoms. The molecule has 1 amide bonds. The molecule has 3 rings (SSSR count). The molecule has 0 aliphatic rings. The van der Waals surface area contributed by atoms with E-state index in [2.05, 4.69) is 26.3 Å². The van der Waals surface area contributed by atoms with Gasteiger partial charge in [-0.25, -0.2) is 4.68 Å². The SMILES string of the molecule is C[C@@H](Oc1nn(-c2ccccc2)cc1Br)C(=O)NCc1ccco1. The van der Waals surface area contributed by atoms with Crippen LogP contribution in [0.15, 0.2) is 63.8 Å². The summed E-state index contributed by atoms with van der Waals surface area (Å²) in [6.07, 6.45) is 2.67. The Morgan fingerprint density at radius 3 is 2.83 bits per heavy atom. The van der Waals surface area contributed by atoms with Gasteiger partial charge in [0.1, 0.15) is 5.76 Å². The summed E-state index contributed by atoms with van der Waals surface area (Å²) >= 11 is 3.41. The zero-order chi connectivity index (χ0) is 16.9. The van der Waals surface area contributed by atoms with E-state index in [9.17, 15) is 4.79 Å². The standard InChI is InChI=1S/C17H16BrN3O3/c1-12(16(22)19-10-14-8-5-9-23-14)24-17-15(18)11-21(20-17)13-6-3-2-4-7-13/h2-9,11-12H,10H2,1H3,(H,19,22)/t12-/m1/s1. The second-order valence-electron chi connectivity index (χ2n) is 5.12. The highest BCUT2D eigenvalue weighted by molar-refractivity contribution is 9.10. The predicted molar refractivity (Wildman–Crippen MR) is 91.9 cm³/mol. The number of nitrogens with zero attached hydrogens (tertiary/aromatic N) is 2. The molecule has 0 saturated heterocycles. The molecule has 0 saturated carbocycles. The Bertz CT molecular complexity index is 800. The van der Waals surface area contributed by atoms with Gasteiger partial charge in [0.15, 0.2) is 6.10 Å². The minimum Gasteiger partial charge on any atom is -0.467 e. The summed E-state index contributed by atoms with van der Waals surface area (Å²) in [4.78, 5) is 12.1. The summed E-state index contributed by atoms with van der Waals surface area (Å²) in [6.45, 7) is 1.99. The third kappa shape index (κ3) is 3.86. The Morgan fingerprint density at radius 1 is 1.33 bits per heavy atom. The first-order chi connectivity index (χ1) is 11.6. The van der Waals surface area contributed by atoms with Crippen molar-refractivity contribution >= 4 is 21.8 Å². The number of benzene rings is 1. The molecule has 0 radical (unpaired) electrons. The summed E-state index contributed by atoms with van der Waals surface area (Å²) in [5.74, 6) is 0.803. The fourth-order valence-electron chi connectivity index (χ4n) is 2.08. The van der Waals surface area contributed by atoms with Crippen molar-refractivity contribution < 1.29 is 13.9 Å². The Balaban J connectivity index is 1.62. The van der Waals surface area contributed by atoms with Gasteiger partial charge in [-0.15, -0.1) is 5.10 Å². The zero-order valence-corrected chi connectivity index (χ0v) is 14.6. The molecule has 0 aliphatic heterocycles. The maximum atomic E-state index is 12.1. The molecular formula is C17H16BrN3O3. The summed E-state index contributed by atoms with van der Waals surface area (Å²) in [5.41, 5.74) is 0.906. The molecule has 6 nitrogen and oxygen atoms in total. The van der Waals surface area contributed by atoms with Crippen LogP contribution >= 0.6 is 15.9 Å². The fraction of sp³-hybridized carbons (Fsp3) is 0.176. The first-order valence-corrected chi connectivity index (χ1v) is 8.20. The molecule has 3 aromatic rings. The van der Waals surface area contributed by atoms with Crippen LogP contribution < -0.4 is 10.1 Å². The van der Waals surface area contributed by atoms with Gasteiger partial charge < -0.3 is 14.5 Å². The first-order valence-electron chi connectivity index (χ1n) is 7.41. The fourth-order valence-corrected chi connectivity index (χ4v) is 2.45. The molecule has 7 heteroatoms. The number of hydrogen-bond donors (Lipinski definition) is 1. The van der Waals surface area contributed by atoms with E-state index in [1.807, 2.05) is 30.3 Å². The van der Waals surface area contributed by atoms with Crippen molar-refractivity contribution in [2.24, 2.45) is 0 Å². The van der Waals surface area contributed by atoms with Crippen LogP contribution in [0.3, 0.4) is 0 Å². The van der Waals surface area contributed by atoms with Crippen LogP contribution in [0.25, 0.3) is 5.69 Å². The van der Waals surface area contributed by atoms with Crippen molar-refractivity contribution in [3.8, 4) is 11.6 Å². The number of amides is 1. The number of furan rings is 1. The Kier molecular flexibility index (Phi) is 5.00. The van der Waals surface area contributed by atoms with Crippen LogP contribution in [0.2, 0.25) is 0 Å². The highest BCUT2D eigenvalue weighted by Crippen LogP contribution is 2.25. The van der Waals surface area contributed by atoms with E-state index < -0.39 is 6.10 Å². The minimum absolute atomic E-state index is 0.243. The first kappa shape index (κ1) is 16.3. The van der Waals surface area contributed by atoms with Crippen molar-refractivity contribution in [2.75, 3.05) is 0 Å². The summed E-state index contributed by atoms with van der Waals surface area (Å²) < 4.78 is 13.2. The average Bonchev–Trinajstić information content (AvgIpc) is 3.24. The largest absolute Gasteiger partial charge is 0.467 e. The van der Waals surface area contributed by atoms with E-state index in [1.165, 1.54) is 0 Å². The maximum absolute atomic E-state index is 12.1. The third-order valence-electron chi connectivity index (χ3n) is 3.33. The number of ether oxygens (including phenoxy) is 1. The molecule has 0 fully saturated rings. The van der Waals surface area contributed by atoms with Crippen molar-refractivity contribution in [1.29, 1.82) is 0 Å². The Morgan fingerprint density at radius 2 is 2.12 bits per heavy atom. The summed E-state index contributed by atoms with van der Waals surface area (Å²) in [6, 6.07) is 13.2. The maximum Gasteiger partial charge on any atom is 0.261 e. The number of carbonyl (C=O) groups is 1. The minimum atomic E-state index is -0.685. The van der Waals surface area contributed by atoms with Gasteiger partial charge in [-0.1, -0.05) is 18.2 Å². The third-order valence-corrected chi connectivity index (χ3v) is 3.88. The van der Waals surface area contributed by atoms with Gasteiger partial charge in [0.2, 0.25) is 5.88 Å². The second kappa shape index (κ2) is 7.35. The van der Waals surface area contributed by atoms with Crippen LogP contribution in [0.5, 0.6) is 5.88 Å². The lowest BCUT2D eigenvalue weighted by Gasteiger charge is -2.12. The van der Waals surface area contributed by atoms with Crippen LogP contribution in [-0.4, -0.2) is 21.8 Å². The number of para-hydroxylation sites is 1. The van der Waals surface area contributed by atoms with Crippen molar-refractivity contribution in [3.63, 3.8) is 0 Å². The second-order valence-corrected chi connectivity index (χ2v) is 5.97. The monoisotopic (exact) mass is 389 g/mol. The highest BCUT2D eigenvalue weighted by Gasteiger charge is 2.18. The molecular weight excluding hydrogens is 374 g/mol. The predicted octanol–water partition coefficient (Wildman–Crippen LogP) is 3.31. The molecule has 0 aliphatic carbocycles. The van der Waals surface area contributed by atoms with Gasteiger partial charge in [-0.3, -0.25) is 4.79 Å². The van der Waals surface area contributed by atoms with Gasteiger partial charge in [0.05, 0.1) is 23.0 Å². The number of halogens is 1. The molecule has 0 unspecified atom stereocenters. The topological polar surface area (TPSA) is 69.3 Å². The quantitative estimate of drug-likeness (QED) is 0.701. The van der Waals surface area contributed by atoms with E-state index in [-0.39, 0.29) is 5.91 Å². The molecule has 2 aromatic heterocycles. The summed E-state index contributed by atoms with van der Waals surface area (Å²) in [5, 5.41) is 7.12. The molecule has 1 aromatic carbocycles. The lowest BCUT2D eigenvalue weighted by molar-refractivity contribution is -0.127. The van der Waals surface area contributed by atoms with E-state index in [4.69, 9.17) is 9.15 Å². The molecule has 1 N–H and O–H groups in total. The van der Waals surface area contributed by atoms with Crippen molar-refractivity contribution in [3.05, 3.63) is 65.2 Å². The average molecular weight is 390 g/mol. The molecule has 0 spiro atoms. The Labute approximate surface area is 147 Å². The lowest BCUT2D eigenvalue weighted by Crippen LogP contribution is -2.36. The molecule has 24 heavy (non-hydrogen) atoms. The van der Waals surface area contributed by atoms with Crippen LogP contribution in [0, 0.1) is 0 Å². The van der Waals surface area contributed by atoms with Crippen molar-refractivity contribution in [2.45, 2.75) is 19.6 Å². The number of aromatic nitrogens is 2. The van der Waals surface area contributed by atoms with Crippen LogP contribution in [0.1, 0.15) is 12.7 Å². The highest BCUT2D eigenvalue weighted by atomic mass is 79.9. The lowest BCUT2D eigenvalue weighted by atomic mass is 10.3. The molecule has 1 atom stereocenters. The van der Waals surface area contributed by atoms with Gasteiger partial charge in [-0.2, -0.15) is 0 Å². The smallest absolute Gasteiger partial charge is 0.261 e. The normalized spacial score (nSPS) is 11.9. The van der Waals surface area contributed by atoms with Crippen LogP contribution in [-0.2, 0) is 11.3 Å². The van der Waals surface area contributed by atoms with Crippen LogP contribution in [0.4, 0.5) is 0 Å². The van der Waals surface area contributed by atoms with Gasteiger partial charge >= 0.3 is 0 Å². The van der Waals surface area contributed by atoms with E-state index in [1.54, 1.807) is 36.2 Å². The molecule has 124 valence electrons. The van der Waals surface area contributed by atoms with Crippen molar-refractivity contribution in [1.82, 2.24) is 15.1 Å². The number of carbonyl (C=O) groups excluding carboxylic acids is 1. The number of rotatable bonds is 6. The van der Waals surface area contributed by atoms with E-state index in [0.717, 1.165) is 5.69 Å². The zero-order valence-electron chi connectivity index (χ0n) is 13.0. The Hall–Kier alpha value is -2.54. The van der Waals surface area contributed by atoms with E-state index >= 15 is 0 Å². The number of nitrogens with one attached hydrogen (secondary N) is 1.